The molecule has 0 aliphatic carbocycles. The molecule has 0 saturated carbocycles. The maximum Gasteiger partial charge on any atom is 0.255 e. The van der Waals surface area contributed by atoms with Gasteiger partial charge in [0.1, 0.15) is 0 Å². The van der Waals surface area contributed by atoms with Gasteiger partial charge in [-0.2, -0.15) is 0 Å². The van der Waals surface area contributed by atoms with Crippen LogP contribution < -0.4 is 10.6 Å². The standard InChI is InChI=1S/C8H11FN2O/c1-2-3-11-8(12)7(9)6-4-10-5-6/h1,6-7,10H,3-5H2,(H,11,12). The highest BCUT2D eigenvalue weighted by atomic mass is 19.1. The Morgan fingerprint density at radius 2 is 2.50 bits per heavy atom. The molecule has 1 unspecified atom stereocenters. The molecule has 1 amide bonds. The van der Waals surface area contributed by atoms with Crippen LogP contribution in [-0.4, -0.2) is 31.7 Å². The zero-order valence-corrected chi connectivity index (χ0v) is 6.64. The van der Waals surface area contributed by atoms with Gasteiger partial charge in [-0.1, -0.05) is 5.92 Å². The highest BCUT2D eigenvalue weighted by Crippen LogP contribution is 2.12. The van der Waals surface area contributed by atoms with Gasteiger partial charge < -0.3 is 10.6 Å². The average Bonchev–Trinajstić information content (AvgIpc) is 1.96. The number of amides is 1. The van der Waals surface area contributed by atoms with E-state index in [1.54, 1.807) is 0 Å². The van der Waals surface area contributed by atoms with Crippen molar-refractivity contribution >= 4 is 5.91 Å². The molecule has 0 aromatic heterocycles. The van der Waals surface area contributed by atoms with Crippen molar-refractivity contribution in [3.8, 4) is 12.3 Å². The van der Waals surface area contributed by atoms with Gasteiger partial charge in [0.05, 0.1) is 6.54 Å². The Labute approximate surface area is 70.7 Å². The number of terminal acetylenes is 1. The second kappa shape index (κ2) is 4.07. The minimum Gasteiger partial charge on any atom is -0.343 e. The highest BCUT2D eigenvalue weighted by Gasteiger charge is 2.31. The van der Waals surface area contributed by atoms with Crippen LogP contribution in [0.3, 0.4) is 0 Å². The largest absolute Gasteiger partial charge is 0.343 e. The molecule has 0 aromatic carbocycles. The van der Waals surface area contributed by atoms with E-state index in [9.17, 15) is 9.18 Å². The summed E-state index contributed by atoms with van der Waals surface area (Å²) in [7, 11) is 0. The number of halogens is 1. The molecule has 0 spiro atoms. The summed E-state index contributed by atoms with van der Waals surface area (Å²) in [5.74, 6) is 1.44. The second-order valence-electron chi connectivity index (χ2n) is 2.74. The van der Waals surface area contributed by atoms with E-state index in [0.29, 0.717) is 13.1 Å². The first-order valence-electron chi connectivity index (χ1n) is 3.81. The lowest BCUT2D eigenvalue weighted by molar-refractivity contribution is -0.128. The zero-order chi connectivity index (χ0) is 8.97. The van der Waals surface area contributed by atoms with E-state index in [-0.39, 0.29) is 12.5 Å². The third kappa shape index (κ3) is 1.95. The van der Waals surface area contributed by atoms with E-state index < -0.39 is 12.1 Å². The Hall–Kier alpha value is -1.08. The average molecular weight is 170 g/mol. The number of hydrogen-bond donors (Lipinski definition) is 2. The summed E-state index contributed by atoms with van der Waals surface area (Å²) in [5, 5.41) is 5.20. The Balaban J connectivity index is 2.26. The maximum atomic E-state index is 13.0. The van der Waals surface area contributed by atoms with E-state index in [1.807, 2.05) is 0 Å². The zero-order valence-electron chi connectivity index (χ0n) is 6.64. The first-order valence-corrected chi connectivity index (χ1v) is 3.81. The van der Waals surface area contributed by atoms with Gasteiger partial charge in [0.2, 0.25) is 0 Å². The number of carbonyl (C=O) groups excluding carboxylic acids is 1. The number of carbonyl (C=O) groups is 1. The molecule has 0 radical (unpaired) electrons. The monoisotopic (exact) mass is 170 g/mol. The van der Waals surface area contributed by atoms with Gasteiger partial charge in [-0.3, -0.25) is 4.79 Å². The molecule has 1 aliphatic rings. The summed E-state index contributed by atoms with van der Waals surface area (Å²) in [5.41, 5.74) is 0. The summed E-state index contributed by atoms with van der Waals surface area (Å²) < 4.78 is 13.0. The maximum absolute atomic E-state index is 13.0. The van der Waals surface area contributed by atoms with Crippen LogP contribution in [0.4, 0.5) is 4.39 Å². The van der Waals surface area contributed by atoms with Crippen molar-refractivity contribution in [2.24, 2.45) is 5.92 Å². The third-order valence-corrected chi connectivity index (χ3v) is 1.84. The summed E-state index contributed by atoms with van der Waals surface area (Å²) in [6.45, 7) is 1.24. The van der Waals surface area contributed by atoms with Gasteiger partial charge >= 0.3 is 0 Å². The fourth-order valence-corrected chi connectivity index (χ4v) is 0.968. The number of hydrogen-bond acceptors (Lipinski definition) is 2. The van der Waals surface area contributed by atoms with Gasteiger partial charge in [-0.05, 0) is 0 Å². The van der Waals surface area contributed by atoms with E-state index in [4.69, 9.17) is 6.42 Å². The van der Waals surface area contributed by atoms with Crippen molar-refractivity contribution in [1.29, 1.82) is 0 Å². The predicted molar refractivity (Wildman–Crippen MR) is 43.1 cm³/mol. The lowest BCUT2D eigenvalue weighted by atomic mass is 9.97. The topological polar surface area (TPSA) is 41.1 Å². The van der Waals surface area contributed by atoms with Crippen LogP contribution in [0, 0.1) is 18.3 Å². The first-order chi connectivity index (χ1) is 5.75. The van der Waals surface area contributed by atoms with E-state index in [2.05, 4.69) is 16.6 Å². The molecule has 3 nitrogen and oxygen atoms in total. The number of rotatable bonds is 3. The molecule has 0 aromatic rings. The third-order valence-electron chi connectivity index (χ3n) is 1.84. The Kier molecular flexibility index (Phi) is 3.06. The van der Waals surface area contributed by atoms with Crippen LogP contribution in [0.1, 0.15) is 0 Å². The van der Waals surface area contributed by atoms with Crippen LogP contribution in [0.25, 0.3) is 0 Å². The van der Waals surface area contributed by atoms with E-state index in [0.717, 1.165) is 0 Å². The minimum absolute atomic E-state index is 0.0966. The minimum atomic E-state index is -1.42. The summed E-state index contributed by atoms with van der Waals surface area (Å²) in [6.07, 6.45) is 3.48. The Morgan fingerprint density at radius 1 is 1.83 bits per heavy atom. The van der Waals surface area contributed by atoms with Crippen LogP contribution in [0.5, 0.6) is 0 Å². The molecule has 1 atom stereocenters. The lowest BCUT2D eigenvalue weighted by Crippen LogP contribution is -2.51. The van der Waals surface area contributed by atoms with Crippen LogP contribution >= 0.6 is 0 Å². The predicted octanol–water partition coefficient (Wildman–Crippen LogP) is -0.707. The fourth-order valence-electron chi connectivity index (χ4n) is 0.968. The molecular formula is C8H11FN2O. The molecule has 4 heteroatoms. The van der Waals surface area contributed by atoms with Crippen molar-refractivity contribution in [2.45, 2.75) is 6.17 Å². The molecule has 1 fully saturated rings. The van der Waals surface area contributed by atoms with Crippen molar-refractivity contribution in [1.82, 2.24) is 10.6 Å². The van der Waals surface area contributed by atoms with Crippen molar-refractivity contribution in [2.75, 3.05) is 19.6 Å². The molecular weight excluding hydrogens is 159 g/mol. The second-order valence-corrected chi connectivity index (χ2v) is 2.74. The van der Waals surface area contributed by atoms with Gasteiger partial charge in [0.25, 0.3) is 5.91 Å². The summed E-state index contributed by atoms with van der Waals surface area (Å²) in [6, 6.07) is 0. The molecule has 12 heavy (non-hydrogen) atoms. The molecule has 1 saturated heterocycles. The van der Waals surface area contributed by atoms with Crippen molar-refractivity contribution in [3.05, 3.63) is 0 Å². The van der Waals surface area contributed by atoms with Gasteiger partial charge in [-0.25, -0.2) is 4.39 Å². The van der Waals surface area contributed by atoms with Crippen molar-refractivity contribution in [3.63, 3.8) is 0 Å². The lowest BCUT2D eigenvalue weighted by Gasteiger charge is -2.28. The van der Waals surface area contributed by atoms with Crippen LogP contribution in [0.2, 0.25) is 0 Å². The first kappa shape index (κ1) is 9.01. The molecule has 1 rings (SSSR count). The number of nitrogens with one attached hydrogen (secondary N) is 2. The molecule has 2 N–H and O–H groups in total. The van der Waals surface area contributed by atoms with E-state index in [1.165, 1.54) is 0 Å². The molecule has 66 valence electrons. The normalized spacial score (nSPS) is 19.0. The van der Waals surface area contributed by atoms with E-state index >= 15 is 0 Å². The summed E-state index contributed by atoms with van der Waals surface area (Å²) in [4.78, 5) is 10.9. The quantitative estimate of drug-likeness (QED) is 0.549. The summed E-state index contributed by atoms with van der Waals surface area (Å²) >= 11 is 0. The SMILES string of the molecule is C#CCNC(=O)C(F)C1CNC1. The Morgan fingerprint density at radius 3 is 2.92 bits per heavy atom. The molecule has 1 aliphatic heterocycles. The van der Waals surface area contributed by atoms with Gasteiger partial charge in [0, 0.05) is 19.0 Å². The Bertz CT molecular complexity index is 208. The molecule has 1 heterocycles. The smallest absolute Gasteiger partial charge is 0.255 e. The van der Waals surface area contributed by atoms with Crippen molar-refractivity contribution < 1.29 is 9.18 Å². The van der Waals surface area contributed by atoms with Crippen LogP contribution in [-0.2, 0) is 4.79 Å². The van der Waals surface area contributed by atoms with Crippen LogP contribution in [0.15, 0.2) is 0 Å². The number of alkyl halides is 1. The molecule has 0 bridgehead atoms. The van der Waals surface area contributed by atoms with Gasteiger partial charge in [-0.15, -0.1) is 6.42 Å². The van der Waals surface area contributed by atoms with Gasteiger partial charge in [0.15, 0.2) is 6.17 Å². The highest BCUT2D eigenvalue weighted by molar-refractivity contribution is 5.81. The fraction of sp³-hybridized carbons (Fsp3) is 0.625.